The first-order valence-electron chi connectivity index (χ1n) is 10.2. The lowest BCUT2D eigenvalue weighted by Gasteiger charge is -2.21. The highest BCUT2D eigenvalue weighted by Gasteiger charge is 2.41. The molecule has 2 atom stereocenters. The maximum absolute atomic E-state index is 12.9. The average molecular weight is 407 g/mol. The first-order chi connectivity index (χ1) is 13.9. The zero-order valence-corrected chi connectivity index (χ0v) is 18.4. The van der Waals surface area contributed by atoms with Crippen LogP contribution in [0.2, 0.25) is 0 Å². The van der Waals surface area contributed by atoms with Gasteiger partial charge in [-0.15, -0.1) is 0 Å². The summed E-state index contributed by atoms with van der Waals surface area (Å²) in [6.07, 6.45) is 1.34. The van der Waals surface area contributed by atoms with Crippen molar-refractivity contribution in [3.8, 4) is 17.2 Å². The van der Waals surface area contributed by atoms with Crippen LogP contribution in [0.15, 0.2) is 12.1 Å². The van der Waals surface area contributed by atoms with Crippen molar-refractivity contribution in [1.82, 2.24) is 10.2 Å². The Morgan fingerprint density at radius 2 is 1.72 bits per heavy atom. The van der Waals surface area contributed by atoms with E-state index in [1.165, 1.54) is 0 Å². The molecule has 1 N–H and O–H groups in total. The molecular weight excluding hydrogens is 372 g/mol. The Labute approximate surface area is 173 Å². The van der Waals surface area contributed by atoms with Gasteiger partial charge in [0.15, 0.2) is 11.5 Å². The number of rotatable bonds is 9. The van der Waals surface area contributed by atoms with Gasteiger partial charge in [0.05, 0.1) is 27.2 Å². The molecule has 2 amide bonds. The molecule has 1 aliphatic heterocycles. The van der Waals surface area contributed by atoms with Crippen LogP contribution in [-0.4, -0.2) is 57.7 Å². The van der Waals surface area contributed by atoms with Crippen molar-refractivity contribution in [3.05, 3.63) is 17.7 Å². The fourth-order valence-corrected chi connectivity index (χ4v) is 3.78. The summed E-state index contributed by atoms with van der Waals surface area (Å²) in [6, 6.07) is 3.76. The predicted octanol–water partition coefficient (Wildman–Crippen LogP) is 2.83. The summed E-state index contributed by atoms with van der Waals surface area (Å²) in [5.74, 6) is 1.47. The first-order valence-corrected chi connectivity index (χ1v) is 10.2. The minimum Gasteiger partial charge on any atom is -0.493 e. The van der Waals surface area contributed by atoms with E-state index in [-0.39, 0.29) is 29.6 Å². The quantitative estimate of drug-likeness (QED) is 0.682. The molecule has 1 saturated heterocycles. The van der Waals surface area contributed by atoms with Gasteiger partial charge >= 0.3 is 0 Å². The highest BCUT2D eigenvalue weighted by molar-refractivity contribution is 5.83. The van der Waals surface area contributed by atoms with Crippen molar-refractivity contribution in [2.45, 2.75) is 39.5 Å². The van der Waals surface area contributed by atoms with Gasteiger partial charge in [-0.2, -0.15) is 0 Å². The van der Waals surface area contributed by atoms with Crippen LogP contribution < -0.4 is 19.5 Å². The van der Waals surface area contributed by atoms with E-state index in [4.69, 9.17) is 14.2 Å². The van der Waals surface area contributed by atoms with Crippen LogP contribution in [0.25, 0.3) is 0 Å². The summed E-state index contributed by atoms with van der Waals surface area (Å²) in [7, 11) is 4.70. The second-order valence-electron chi connectivity index (χ2n) is 7.86. The third kappa shape index (κ3) is 5.34. The Bertz CT molecular complexity index is 694. The molecule has 0 bridgehead atoms. The number of benzene rings is 1. The van der Waals surface area contributed by atoms with Gasteiger partial charge in [-0.25, -0.2) is 0 Å². The van der Waals surface area contributed by atoms with E-state index in [2.05, 4.69) is 5.32 Å². The van der Waals surface area contributed by atoms with Crippen molar-refractivity contribution in [3.63, 3.8) is 0 Å². The topological polar surface area (TPSA) is 77.1 Å². The van der Waals surface area contributed by atoms with Gasteiger partial charge in [0.1, 0.15) is 0 Å². The molecule has 0 saturated carbocycles. The van der Waals surface area contributed by atoms with Gasteiger partial charge in [-0.3, -0.25) is 9.59 Å². The second-order valence-corrected chi connectivity index (χ2v) is 7.86. The summed E-state index contributed by atoms with van der Waals surface area (Å²) in [6.45, 7) is 7.60. The Morgan fingerprint density at radius 1 is 1.10 bits per heavy atom. The number of carbonyl (C=O) groups excluding carboxylic acids is 2. The van der Waals surface area contributed by atoms with Gasteiger partial charge in [-0.05, 0) is 30.0 Å². The largest absolute Gasteiger partial charge is 0.493 e. The molecule has 0 aromatic heterocycles. The lowest BCUT2D eigenvalue weighted by atomic mass is 9.88. The molecule has 1 heterocycles. The number of likely N-dealkylation sites (tertiary alicyclic amines) is 1. The monoisotopic (exact) mass is 406 g/mol. The molecule has 1 fully saturated rings. The lowest BCUT2D eigenvalue weighted by molar-refractivity contribution is -0.131. The highest BCUT2D eigenvalue weighted by Crippen LogP contribution is 2.43. The van der Waals surface area contributed by atoms with Gasteiger partial charge in [0, 0.05) is 32.0 Å². The van der Waals surface area contributed by atoms with Crippen LogP contribution in [0.3, 0.4) is 0 Å². The Balaban J connectivity index is 2.39. The van der Waals surface area contributed by atoms with E-state index in [9.17, 15) is 9.59 Å². The molecule has 7 heteroatoms. The van der Waals surface area contributed by atoms with Gasteiger partial charge in [-0.1, -0.05) is 20.8 Å². The van der Waals surface area contributed by atoms with Crippen molar-refractivity contribution < 1.29 is 23.8 Å². The summed E-state index contributed by atoms with van der Waals surface area (Å²) < 4.78 is 16.4. The number of nitrogens with zero attached hydrogens (tertiary/aromatic N) is 1. The van der Waals surface area contributed by atoms with Crippen LogP contribution in [0.1, 0.15) is 45.1 Å². The van der Waals surface area contributed by atoms with Crippen molar-refractivity contribution in [2.24, 2.45) is 11.8 Å². The van der Waals surface area contributed by atoms with Gasteiger partial charge in [0.25, 0.3) is 0 Å². The summed E-state index contributed by atoms with van der Waals surface area (Å²) in [4.78, 5) is 27.4. The molecule has 162 valence electrons. The van der Waals surface area contributed by atoms with E-state index in [0.717, 1.165) is 12.0 Å². The van der Waals surface area contributed by atoms with Crippen LogP contribution >= 0.6 is 0 Å². The fourth-order valence-electron chi connectivity index (χ4n) is 3.78. The fraction of sp³-hybridized carbons (Fsp3) is 0.636. The van der Waals surface area contributed by atoms with E-state index in [1.807, 2.05) is 37.8 Å². The zero-order valence-electron chi connectivity index (χ0n) is 18.4. The molecule has 1 aliphatic rings. The van der Waals surface area contributed by atoms with E-state index >= 15 is 0 Å². The molecule has 0 aliphatic carbocycles. The van der Waals surface area contributed by atoms with Crippen molar-refractivity contribution >= 4 is 11.8 Å². The van der Waals surface area contributed by atoms with Crippen molar-refractivity contribution in [2.75, 3.05) is 41.0 Å². The number of ether oxygens (including phenoxy) is 3. The zero-order chi connectivity index (χ0) is 21.6. The average Bonchev–Trinajstić information content (AvgIpc) is 3.16. The highest BCUT2D eigenvalue weighted by atomic mass is 16.5. The number of methoxy groups -OCH3 is 3. The summed E-state index contributed by atoms with van der Waals surface area (Å²) in [5.41, 5.74) is 0.899. The minimum atomic E-state index is -0.319. The first kappa shape index (κ1) is 22.8. The van der Waals surface area contributed by atoms with E-state index in [1.54, 1.807) is 21.3 Å². The third-order valence-electron chi connectivity index (χ3n) is 5.26. The molecular formula is C22H34N2O5. The van der Waals surface area contributed by atoms with E-state index in [0.29, 0.717) is 43.3 Å². The molecule has 7 nitrogen and oxygen atoms in total. The molecule has 29 heavy (non-hydrogen) atoms. The van der Waals surface area contributed by atoms with Crippen LogP contribution in [-0.2, 0) is 9.59 Å². The maximum Gasteiger partial charge on any atom is 0.225 e. The minimum absolute atomic E-state index is 0.0227. The number of amides is 2. The standard InChI is InChI=1S/C22H34N2O5/c1-7-8-23-22(26)17-13-24(20(25)9-14(2)3)12-16(17)15-10-18(27-4)21(29-6)19(11-15)28-5/h10-11,14,16-17H,7-9,12-13H2,1-6H3,(H,23,26)/t16-,17-/m1/s1. The molecule has 1 aromatic rings. The van der Waals surface area contributed by atoms with Crippen molar-refractivity contribution in [1.29, 1.82) is 0 Å². The molecule has 0 unspecified atom stereocenters. The SMILES string of the molecule is CCCNC(=O)[C@@H]1CN(C(=O)CC(C)C)C[C@@H]1c1cc(OC)c(OC)c(OC)c1. The lowest BCUT2D eigenvalue weighted by Crippen LogP contribution is -2.36. The van der Waals surface area contributed by atoms with E-state index < -0.39 is 0 Å². The summed E-state index contributed by atoms with van der Waals surface area (Å²) in [5, 5.41) is 2.99. The predicted molar refractivity (Wildman–Crippen MR) is 112 cm³/mol. The van der Waals surface area contributed by atoms with Crippen LogP contribution in [0.5, 0.6) is 17.2 Å². The maximum atomic E-state index is 12.9. The second kappa shape index (κ2) is 10.4. The third-order valence-corrected chi connectivity index (χ3v) is 5.26. The smallest absolute Gasteiger partial charge is 0.225 e. The Hall–Kier alpha value is -2.44. The Morgan fingerprint density at radius 3 is 2.21 bits per heavy atom. The van der Waals surface area contributed by atoms with Crippen LogP contribution in [0.4, 0.5) is 0 Å². The number of hydrogen-bond donors (Lipinski definition) is 1. The number of carbonyl (C=O) groups is 2. The Kier molecular flexibility index (Phi) is 8.17. The molecule has 1 aromatic carbocycles. The van der Waals surface area contributed by atoms with Crippen LogP contribution in [0, 0.1) is 11.8 Å². The van der Waals surface area contributed by atoms with Gasteiger partial charge in [0.2, 0.25) is 17.6 Å². The summed E-state index contributed by atoms with van der Waals surface area (Å²) >= 11 is 0. The van der Waals surface area contributed by atoms with Gasteiger partial charge < -0.3 is 24.4 Å². The molecule has 0 spiro atoms. The number of nitrogens with one attached hydrogen (secondary N) is 1. The molecule has 2 rings (SSSR count). The normalized spacial score (nSPS) is 18.7. The number of hydrogen-bond acceptors (Lipinski definition) is 5. The molecule has 0 radical (unpaired) electrons.